The van der Waals surface area contributed by atoms with Crippen LogP contribution in [0.25, 0.3) is 11.3 Å². The molecule has 1 N–H and O–H groups in total. The van der Waals surface area contributed by atoms with Gasteiger partial charge in [-0.1, -0.05) is 34.8 Å². The largest absolute Gasteiger partial charge is 0.489 e. The van der Waals surface area contributed by atoms with Crippen LogP contribution < -0.4 is 10.1 Å². The van der Waals surface area contributed by atoms with Gasteiger partial charge in [0.05, 0.1) is 6.26 Å². The molecule has 4 aromatic rings. The Morgan fingerprint density at radius 3 is 2.63 bits per heavy atom. The Bertz CT molecular complexity index is 1010. The molecule has 0 saturated heterocycles. The molecule has 7 heteroatoms. The molecule has 0 aliphatic rings. The van der Waals surface area contributed by atoms with E-state index in [1.54, 1.807) is 6.07 Å². The normalized spacial score (nSPS) is 10.5. The summed E-state index contributed by atoms with van der Waals surface area (Å²) in [6.45, 7) is 0.249. The molecule has 0 fully saturated rings. The Morgan fingerprint density at radius 1 is 1.07 bits per heavy atom. The summed E-state index contributed by atoms with van der Waals surface area (Å²) in [6.07, 6.45) is 1.48. The minimum atomic E-state index is -0.324. The number of benzene rings is 2. The number of hydrogen-bond acceptors (Lipinski definition) is 6. The lowest BCUT2D eigenvalue weighted by atomic mass is 10.1. The van der Waals surface area contributed by atoms with Crippen molar-refractivity contribution in [3.8, 4) is 17.0 Å². The third kappa shape index (κ3) is 4.04. The highest BCUT2D eigenvalue weighted by molar-refractivity contribution is 7.03. The van der Waals surface area contributed by atoms with Gasteiger partial charge >= 0.3 is 0 Å². The summed E-state index contributed by atoms with van der Waals surface area (Å²) in [4.78, 5) is 12.5. The van der Waals surface area contributed by atoms with Crippen molar-refractivity contribution in [3.63, 3.8) is 0 Å². The summed E-state index contributed by atoms with van der Waals surface area (Å²) in [7, 11) is 0. The molecule has 134 valence electrons. The molecular formula is C20H15N3O3S. The van der Waals surface area contributed by atoms with E-state index in [-0.39, 0.29) is 18.3 Å². The van der Waals surface area contributed by atoms with Crippen molar-refractivity contribution in [1.82, 2.24) is 9.59 Å². The Morgan fingerprint density at radius 2 is 1.89 bits per heavy atom. The topological polar surface area (TPSA) is 77.3 Å². The lowest BCUT2D eigenvalue weighted by Gasteiger charge is -2.07. The molecule has 6 nitrogen and oxygen atoms in total. The molecule has 0 spiro atoms. The number of ether oxygens (including phenoxy) is 1. The lowest BCUT2D eigenvalue weighted by molar-refractivity contribution is 0.0993. The molecule has 27 heavy (non-hydrogen) atoms. The number of nitrogens with one attached hydrogen (secondary N) is 1. The summed E-state index contributed by atoms with van der Waals surface area (Å²) in [5, 5.41) is 8.73. The molecule has 0 radical (unpaired) electrons. The molecule has 2 aromatic carbocycles. The molecule has 4 rings (SSSR count). The zero-order valence-corrected chi connectivity index (χ0v) is 15.0. The Balaban J connectivity index is 1.42. The fourth-order valence-electron chi connectivity index (χ4n) is 2.53. The smallest absolute Gasteiger partial charge is 0.291 e. The van der Waals surface area contributed by atoms with Crippen LogP contribution in [0.4, 0.5) is 5.69 Å². The number of furan rings is 1. The van der Waals surface area contributed by atoms with Crippen LogP contribution in [-0.2, 0) is 6.61 Å². The number of carbonyl (C=O) groups excluding carboxylic acids is 1. The van der Waals surface area contributed by atoms with E-state index in [2.05, 4.69) is 14.9 Å². The second-order valence-corrected chi connectivity index (χ2v) is 6.31. The summed E-state index contributed by atoms with van der Waals surface area (Å²) in [6, 6.07) is 18.6. The molecule has 2 heterocycles. The maximum atomic E-state index is 12.5. The predicted octanol–water partition coefficient (Wildman–Crippen LogP) is 4.63. The molecule has 0 aliphatic carbocycles. The van der Waals surface area contributed by atoms with Crippen molar-refractivity contribution in [3.05, 3.63) is 83.6 Å². The van der Waals surface area contributed by atoms with Crippen LogP contribution in [0.15, 0.2) is 76.7 Å². The van der Waals surface area contributed by atoms with Crippen LogP contribution in [-0.4, -0.2) is 15.5 Å². The second-order valence-electron chi connectivity index (χ2n) is 5.70. The standard InChI is InChI=1S/C20H15N3O3S/c24-20(21-16-8-6-14(7-9-16)18-13-27-23-22-18)19-15(10-11-25-19)12-26-17-4-2-1-3-5-17/h1-11,13H,12H2,(H,21,24). The Kier molecular flexibility index (Phi) is 4.93. The third-order valence-electron chi connectivity index (χ3n) is 3.89. The van der Waals surface area contributed by atoms with E-state index in [9.17, 15) is 4.79 Å². The van der Waals surface area contributed by atoms with Crippen molar-refractivity contribution < 1.29 is 13.9 Å². The number of nitrogens with zero attached hydrogens (tertiary/aromatic N) is 2. The van der Waals surface area contributed by atoms with E-state index in [0.29, 0.717) is 11.3 Å². The summed E-state index contributed by atoms with van der Waals surface area (Å²) < 4.78 is 14.9. The number of carbonyl (C=O) groups is 1. The fraction of sp³-hybridized carbons (Fsp3) is 0.0500. The first-order chi connectivity index (χ1) is 13.3. The molecule has 2 aromatic heterocycles. The van der Waals surface area contributed by atoms with Crippen molar-refractivity contribution >= 4 is 23.1 Å². The van der Waals surface area contributed by atoms with Crippen molar-refractivity contribution in [2.75, 3.05) is 5.32 Å². The predicted molar refractivity (Wildman–Crippen MR) is 103 cm³/mol. The Hall–Kier alpha value is -3.45. The minimum absolute atomic E-state index is 0.235. The van der Waals surface area contributed by atoms with Gasteiger partial charge in [-0.25, -0.2) is 0 Å². The van der Waals surface area contributed by atoms with Gasteiger partial charge < -0.3 is 14.5 Å². The van der Waals surface area contributed by atoms with Gasteiger partial charge in [0, 0.05) is 22.2 Å². The minimum Gasteiger partial charge on any atom is -0.489 e. The Labute approximate surface area is 159 Å². The number of amides is 1. The highest BCUT2D eigenvalue weighted by Gasteiger charge is 2.16. The van der Waals surface area contributed by atoms with Crippen LogP contribution in [0, 0.1) is 0 Å². The van der Waals surface area contributed by atoms with Crippen molar-refractivity contribution in [1.29, 1.82) is 0 Å². The molecule has 0 saturated carbocycles. The zero-order valence-electron chi connectivity index (χ0n) is 14.2. The summed E-state index contributed by atoms with van der Waals surface area (Å²) >= 11 is 1.30. The van der Waals surface area contributed by atoms with Crippen LogP contribution in [0.5, 0.6) is 5.75 Å². The van der Waals surface area contributed by atoms with Crippen molar-refractivity contribution in [2.45, 2.75) is 6.61 Å². The van der Waals surface area contributed by atoms with Gasteiger partial charge in [-0.15, -0.1) is 5.10 Å². The average Bonchev–Trinajstić information content (AvgIpc) is 3.40. The highest BCUT2D eigenvalue weighted by Crippen LogP contribution is 2.21. The quantitative estimate of drug-likeness (QED) is 0.530. The number of rotatable bonds is 6. The first kappa shape index (κ1) is 17.0. The van der Waals surface area contributed by atoms with E-state index in [0.717, 1.165) is 17.0 Å². The fourth-order valence-corrected chi connectivity index (χ4v) is 2.99. The molecule has 0 aliphatic heterocycles. The molecule has 0 unspecified atom stereocenters. The van der Waals surface area contributed by atoms with Crippen LogP contribution in [0.2, 0.25) is 0 Å². The number of hydrogen-bond donors (Lipinski definition) is 1. The van der Waals surface area contributed by atoms with Crippen LogP contribution >= 0.6 is 11.5 Å². The summed E-state index contributed by atoms with van der Waals surface area (Å²) in [5.41, 5.74) is 3.10. The van der Waals surface area contributed by atoms with Gasteiger partial charge in [0.2, 0.25) is 0 Å². The first-order valence-electron chi connectivity index (χ1n) is 8.22. The SMILES string of the molecule is O=C(Nc1ccc(-c2csnn2)cc1)c1occc1COc1ccccc1. The molecular weight excluding hydrogens is 362 g/mol. The first-order valence-corrected chi connectivity index (χ1v) is 9.06. The van der Waals surface area contributed by atoms with Gasteiger partial charge in [0.25, 0.3) is 5.91 Å². The maximum absolute atomic E-state index is 12.5. The number of anilines is 1. The van der Waals surface area contributed by atoms with E-state index in [1.807, 2.05) is 60.0 Å². The van der Waals surface area contributed by atoms with Gasteiger partial charge in [-0.3, -0.25) is 4.79 Å². The van der Waals surface area contributed by atoms with E-state index < -0.39 is 0 Å². The van der Waals surface area contributed by atoms with Crippen molar-refractivity contribution in [2.24, 2.45) is 0 Å². The van der Waals surface area contributed by atoms with Gasteiger partial charge in [-0.2, -0.15) is 0 Å². The average molecular weight is 377 g/mol. The van der Waals surface area contributed by atoms with E-state index >= 15 is 0 Å². The van der Waals surface area contributed by atoms with Gasteiger partial charge in [0.1, 0.15) is 18.1 Å². The highest BCUT2D eigenvalue weighted by atomic mass is 32.1. The molecule has 1 amide bonds. The monoisotopic (exact) mass is 377 g/mol. The molecule has 0 atom stereocenters. The lowest BCUT2D eigenvalue weighted by Crippen LogP contribution is -2.13. The van der Waals surface area contributed by atoms with Crippen LogP contribution in [0.1, 0.15) is 16.1 Å². The number of aromatic nitrogens is 2. The summed E-state index contributed by atoms with van der Waals surface area (Å²) in [5.74, 6) is 0.644. The third-order valence-corrected chi connectivity index (χ3v) is 4.39. The van der Waals surface area contributed by atoms with Crippen LogP contribution in [0.3, 0.4) is 0 Å². The molecule has 0 bridgehead atoms. The van der Waals surface area contributed by atoms with E-state index in [4.69, 9.17) is 9.15 Å². The maximum Gasteiger partial charge on any atom is 0.291 e. The van der Waals surface area contributed by atoms with Gasteiger partial charge in [-0.05, 0) is 41.9 Å². The van der Waals surface area contributed by atoms with E-state index in [1.165, 1.54) is 17.8 Å². The second kappa shape index (κ2) is 7.84. The zero-order chi connectivity index (χ0) is 18.5. The number of para-hydroxylation sites is 1. The van der Waals surface area contributed by atoms with Gasteiger partial charge in [0.15, 0.2) is 5.76 Å².